The quantitative estimate of drug-likeness (QED) is 0.714. The smallest absolute Gasteiger partial charge is 0.233 e. The summed E-state index contributed by atoms with van der Waals surface area (Å²) in [6.45, 7) is 1.76. The lowest BCUT2D eigenvalue weighted by molar-refractivity contribution is -0.112. The number of carbonyl (C=O) groups is 2. The number of dihydropyridines is 1. The minimum atomic E-state index is -0.762. The van der Waals surface area contributed by atoms with Crippen LogP contribution in [0.3, 0.4) is 0 Å². The molecule has 2 aromatic carbocycles. The highest BCUT2D eigenvalue weighted by molar-refractivity contribution is 6.53. The van der Waals surface area contributed by atoms with Crippen LogP contribution in [0.4, 0.5) is 0 Å². The first-order valence-electron chi connectivity index (χ1n) is 8.20. The Morgan fingerprint density at radius 3 is 2.41 bits per heavy atom. The molecular weight excluding hydrogens is 383 g/mol. The molecule has 132 valence electrons. The first kappa shape index (κ1) is 17.5. The van der Waals surface area contributed by atoms with Gasteiger partial charge in [0.2, 0.25) is 11.6 Å². The van der Waals surface area contributed by atoms with Crippen LogP contribution in [0.15, 0.2) is 59.3 Å². The van der Waals surface area contributed by atoms with E-state index in [1.807, 2.05) is 0 Å². The van der Waals surface area contributed by atoms with Crippen molar-refractivity contribution >= 4 is 40.5 Å². The highest BCUT2D eigenvalue weighted by Crippen LogP contribution is 2.46. The normalized spacial score (nSPS) is 18.7. The molecule has 1 unspecified atom stereocenters. The van der Waals surface area contributed by atoms with Crippen LogP contribution in [0.5, 0.6) is 0 Å². The van der Waals surface area contributed by atoms with Gasteiger partial charge in [-0.15, -0.1) is 0 Å². The van der Waals surface area contributed by atoms with E-state index in [1.54, 1.807) is 49.4 Å². The van der Waals surface area contributed by atoms with Crippen LogP contribution in [0.2, 0.25) is 10.0 Å². The average Bonchev–Trinajstić information content (AvgIpc) is 2.67. The predicted molar refractivity (Wildman–Crippen MR) is 103 cm³/mol. The van der Waals surface area contributed by atoms with Gasteiger partial charge in [-0.1, -0.05) is 59.6 Å². The molecule has 0 spiro atoms. The molecule has 4 nitrogen and oxygen atoms in total. The number of hydrogen-bond acceptors (Lipinski definition) is 4. The molecular formula is C21H12Cl2N2O2. The molecule has 2 aromatic rings. The minimum absolute atomic E-state index is 0.227. The number of halogens is 2. The molecule has 0 amide bonds. The monoisotopic (exact) mass is 394 g/mol. The highest BCUT2D eigenvalue weighted by atomic mass is 35.5. The Balaban J connectivity index is 2.06. The Labute approximate surface area is 165 Å². The fourth-order valence-electron chi connectivity index (χ4n) is 3.63. The number of ketones is 2. The number of nitrogens with one attached hydrogen (secondary N) is 1. The Morgan fingerprint density at radius 1 is 1.00 bits per heavy atom. The first-order chi connectivity index (χ1) is 13.0. The minimum Gasteiger partial charge on any atom is -0.357 e. The van der Waals surface area contributed by atoms with Crippen LogP contribution in [0.25, 0.3) is 5.70 Å². The van der Waals surface area contributed by atoms with Gasteiger partial charge in [0, 0.05) is 22.4 Å². The van der Waals surface area contributed by atoms with Crippen LogP contribution in [0, 0.1) is 11.3 Å². The van der Waals surface area contributed by atoms with Gasteiger partial charge in [-0.05, 0) is 18.6 Å². The van der Waals surface area contributed by atoms with Gasteiger partial charge in [0.25, 0.3) is 0 Å². The molecule has 0 saturated carbocycles. The Morgan fingerprint density at radius 2 is 1.70 bits per heavy atom. The van der Waals surface area contributed by atoms with E-state index in [2.05, 4.69) is 11.4 Å². The van der Waals surface area contributed by atoms with E-state index in [9.17, 15) is 14.9 Å². The molecule has 1 aliphatic heterocycles. The fourth-order valence-corrected chi connectivity index (χ4v) is 4.05. The van der Waals surface area contributed by atoms with E-state index < -0.39 is 17.5 Å². The number of nitriles is 1. The number of allylic oxidation sites excluding steroid dienone is 3. The fraction of sp³-hybridized carbons (Fsp3) is 0.0952. The topological polar surface area (TPSA) is 70.0 Å². The Kier molecular flexibility index (Phi) is 4.15. The largest absolute Gasteiger partial charge is 0.357 e. The predicted octanol–water partition coefficient (Wildman–Crippen LogP) is 4.65. The maximum absolute atomic E-state index is 13.0. The first-order valence-corrected chi connectivity index (χ1v) is 8.95. The number of benzene rings is 2. The standard InChI is InChI=1S/C21H12Cl2N2O2/c1-10-14(9-24)16(13-7-4-8-15(22)18(13)23)17-19(25-10)11-5-2-3-6-12(11)20(26)21(17)27/h2-8,16,25H,1H3. The van der Waals surface area contributed by atoms with Crippen molar-refractivity contribution < 1.29 is 9.59 Å². The van der Waals surface area contributed by atoms with Crippen LogP contribution in [-0.2, 0) is 4.79 Å². The van der Waals surface area contributed by atoms with Crippen LogP contribution < -0.4 is 5.32 Å². The second-order valence-corrected chi connectivity index (χ2v) is 7.13. The lowest BCUT2D eigenvalue weighted by Gasteiger charge is -2.33. The molecule has 4 rings (SSSR count). The summed E-state index contributed by atoms with van der Waals surface area (Å²) >= 11 is 12.6. The highest BCUT2D eigenvalue weighted by Gasteiger charge is 2.42. The summed E-state index contributed by atoms with van der Waals surface area (Å²) in [5.74, 6) is -1.99. The molecule has 1 aliphatic carbocycles. The number of carbonyl (C=O) groups excluding carboxylic acids is 2. The zero-order chi connectivity index (χ0) is 19.3. The van der Waals surface area contributed by atoms with E-state index >= 15 is 0 Å². The number of rotatable bonds is 1. The van der Waals surface area contributed by atoms with Crippen molar-refractivity contribution in [3.8, 4) is 6.07 Å². The average molecular weight is 395 g/mol. The summed E-state index contributed by atoms with van der Waals surface area (Å²) in [7, 11) is 0. The van der Waals surface area contributed by atoms with E-state index in [1.165, 1.54) is 0 Å². The second kappa shape index (κ2) is 6.38. The summed E-state index contributed by atoms with van der Waals surface area (Å²) in [5, 5.41) is 13.5. The van der Waals surface area contributed by atoms with Crippen molar-refractivity contribution in [2.75, 3.05) is 0 Å². The molecule has 0 fully saturated rings. The van der Waals surface area contributed by atoms with E-state index in [-0.39, 0.29) is 10.6 Å². The van der Waals surface area contributed by atoms with Gasteiger partial charge in [0.1, 0.15) is 0 Å². The van der Waals surface area contributed by atoms with Crippen LogP contribution in [-0.4, -0.2) is 11.6 Å². The van der Waals surface area contributed by atoms with Crippen molar-refractivity contribution in [2.24, 2.45) is 0 Å². The SMILES string of the molecule is CC1=C(C#N)C(c2cccc(Cl)c2Cl)C2=C(N1)c1ccccc1C(=O)C2=O. The lowest BCUT2D eigenvalue weighted by atomic mass is 9.73. The molecule has 1 N–H and O–H groups in total. The zero-order valence-corrected chi connectivity index (χ0v) is 15.7. The molecule has 27 heavy (non-hydrogen) atoms. The van der Waals surface area contributed by atoms with Crippen molar-refractivity contribution in [1.82, 2.24) is 5.32 Å². The van der Waals surface area contributed by atoms with E-state index in [0.717, 1.165) is 0 Å². The van der Waals surface area contributed by atoms with Gasteiger partial charge < -0.3 is 5.32 Å². The molecule has 1 heterocycles. The van der Waals surface area contributed by atoms with E-state index in [4.69, 9.17) is 23.2 Å². The van der Waals surface area contributed by atoms with Crippen molar-refractivity contribution in [1.29, 1.82) is 5.26 Å². The number of nitrogens with zero attached hydrogens (tertiary/aromatic N) is 1. The number of fused-ring (bicyclic) bond motifs is 2. The van der Waals surface area contributed by atoms with Crippen molar-refractivity contribution in [3.63, 3.8) is 0 Å². The van der Waals surface area contributed by atoms with Gasteiger partial charge in [0.05, 0.1) is 33.3 Å². The Hall–Kier alpha value is -2.87. The summed E-state index contributed by atoms with van der Waals surface area (Å²) in [4.78, 5) is 25.7. The number of hydrogen-bond donors (Lipinski definition) is 1. The van der Waals surface area contributed by atoms with Crippen LogP contribution in [0.1, 0.15) is 34.3 Å². The summed E-state index contributed by atoms with van der Waals surface area (Å²) in [5.41, 5.74) is 3.20. The maximum atomic E-state index is 13.0. The molecule has 2 aliphatic rings. The van der Waals surface area contributed by atoms with E-state index in [0.29, 0.717) is 38.7 Å². The molecule has 6 heteroatoms. The van der Waals surface area contributed by atoms with Gasteiger partial charge in [-0.25, -0.2) is 0 Å². The van der Waals surface area contributed by atoms with Crippen molar-refractivity contribution in [2.45, 2.75) is 12.8 Å². The second-order valence-electron chi connectivity index (χ2n) is 6.34. The summed E-state index contributed by atoms with van der Waals surface area (Å²) in [6, 6.07) is 14.1. The maximum Gasteiger partial charge on any atom is 0.233 e. The molecule has 0 bridgehead atoms. The molecule has 0 aromatic heterocycles. The lowest BCUT2D eigenvalue weighted by Crippen LogP contribution is -2.35. The molecule has 0 saturated heterocycles. The molecule has 0 radical (unpaired) electrons. The third kappa shape index (κ3) is 2.51. The Bertz CT molecular complexity index is 1140. The van der Waals surface area contributed by atoms with Gasteiger partial charge in [0.15, 0.2) is 0 Å². The third-order valence-corrected chi connectivity index (χ3v) is 5.70. The van der Waals surface area contributed by atoms with Gasteiger partial charge >= 0.3 is 0 Å². The van der Waals surface area contributed by atoms with Gasteiger partial charge in [-0.2, -0.15) is 5.26 Å². The number of Topliss-reactive ketones (excluding diaryl/α,β-unsaturated/α-hetero) is 2. The summed E-state index contributed by atoms with van der Waals surface area (Å²) in [6.07, 6.45) is 0. The van der Waals surface area contributed by atoms with Crippen LogP contribution >= 0.6 is 23.2 Å². The summed E-state index contributed by atoms with van der Waals surface area (Å²) < 4.78 is 0. The third-order valence-electron chi connectivity index (χ3n) is 4.87. The van der Waals surface area contributed by atoms with Gasteiger partial charge in [-0.3, -0.25) is 9.59 Å². The molecule has 1 atom stereocenters. The zero-order valence-electron chi connectivity index (χ0n) is 14.1. The van der Waals surface area contributed by atoms with Crippen molar-refractivity contribution in [3.05, 3.63) is 86.0 Å².